The molecule has 4 N–H and O–H groups in total. The summed E-state index contributed by atoms with van der Waals surface area (Å²) < 4.78 is 1.88. The van der Waals surface area contributed by atoms with Crippen molar-refractivity contribution in [2.45, 2.75) is 20.0 Å². The number of nitrogens with two attached hydrogens (primary N) is 1. The number of carbonyl (C=O) groups excluding carboxylic acids is 1. The fourth-order valence-corrected chi connectivity index (χ4v) is 1.72. The average Bonchev–Trinajstić information content (AvgIpc) is 2.84. The molecular weight excluding hydrogens is 242 g/mol. The molecule has 0 atom stereocenters. The van der Waals surface area contributed by atoms with Crippen molar-refractivity contribution in [1.29, 1.82) is 0 Å². The normalized spacial score (nSPS) is 10.2. The van der Waals surface area contributed by atoms with Gasteiger partial charge in [0.2, 0.25) is 0 Å². The highest BCUT2D eigenvalue weighted by molar-refractivity contribution is 5.88. The lowest BCUT2D eigenvalue weighted by molar-refractivity contribution is 0.259. The van der Waals surface area contributed by atoms with Gasteiger partial charge < -0.3 is 16.4 Å². The summed E-state index contributed by atoms with van der Waals surface area (Å²) in [5.41, 5.74) is 7.76. The Morgan fingerprint density at radius 3 is 2.89 bits per heavy atom. The molecule has 0 aliphatic heterocycles. The fourth-order valence-electron chi connectivity index (χ4n) is 1.72. The Hall–Kier alpha value is -2.50. The van der Waals surface area contributed by atoms with Gasteiger partial charge in [-0.2, -0.15) is 5.10 Å². The van der Waals surface area contributed by atoms with Gasteiger partial charge in [-0.15, -0.1) is 0 Å². The third-order valence-corrected chi connectivity index (χ3v) is 2.64. The van der Waals surface area contributed by atoms with Crippen molar-refractivity contribution in [2.24, 2.45) is 5.73 Å². The zero-order valence-corrected chi connectivity index (χ0v) is 10.8. The molecule has 0 spiro atoms. The highest BCUT2D eigenvalue weighted by atomic mass is 16.2. The van der Waals surface area contributed by atoms with Gasteiger partial charge in [-0.25, -0.2) is 4.79 Å². The minimum atomic E-state index is -0.568. The predicted molar refractivity (Wildman–Crippen MR) is 74.9 cm³/mol. The molecule has 0 aliphatic rings. The first-order valence-corrected chi connectivity index (χ1v) is 6.09. The summed E-state index contributed by atoms with van der Waals surface area (Å²) in [7, 11) is 0. The van der Waals surface area contributed by atoms with Crippen molar-refractivity contribution in [3.05, 3.63) is 42.2 Å². The first-order valence-electron chi connectivity index (χ1n) is 6.09. The number of primary amides is 1. The molecule has 0 bridgehead atoms. The quantitative estimate of drug-likeness (QED) is 0.767. The van der Waals surface area contributed by atoms with E-state index in [2.05, 4.69) is 15.7 Å². The van der Waals surface area contributed by atoms with Crippen molar-refractivity contribution in [3.63, 3.8) is 0 Å². The Kier molecular flexibility index (Phi) is 4.02. The number of amides is 2. The maximum Gasteiger partial charge on any atom is 0.316 e. The van der Waals surface area contributed by atoms with Gasteiger partial charge >= 0.3 is 6.03 Å². The van der Waals surface area contributed by atoms with E-state index in [0.29, 0.717) is 12.2 Å². The van der Waals surface area contributed by atoms with Gasteiger partial charge in [-0.3, -0.25) is 4.68 Å². The molecule has 1 aromatic heterocycles. The van der Waals surface area contributed by atoms with Gasteiger partial charge in [0.05, 0.1) is 6.20 Å². The van der Waals surface area contributed by atoms with Crippen LogP contribution < -0.4 is 16.4 Å². The van der Waals surface area contributed by atoms with E-state index in [4.69, 9.17) is 5.73 Å². The van der Waals surface area contributed by atoms with Crippen molar-refractivity contribution in [3.8, 4) is 0 Å². The summed E-state index contributed by atoms with van der Waals surface area (Å²) in [5, 5.41) is 10.0. The SMILES string of the molecule is CCn1cc(CNc2cccc(NC(N)=O)c2)cn1. The van der Waals surface area contributed by atoms with Gasteiger partial charge in [0.1, 0.15) is 0 Å². The van der Waals surface area contributed by atoms with Crippen molar-refractivity contribution in [1.82, 2.24) is 9.78 Å². The Bertz CT molecular complexity index is 564. The van der Waals surface area contributed by atoms with Crippen molar-refractivity contribution in [2.75, 3.05) is 10.6 Å². The molecule has 1 aromatic carbocycles. The van der Waals surface area contributed by atoms with Gasteiger partial charge in [0, 0.05) is 36.2 Å². The molecule has 0 fully saturated rings. The van der Waals surface area contributed by atoms with E-state index < -0.39 is 6.03 Å². The lowest BCUT2D eigenvalue weighted by atomic mass is 10.2. The minimum Gasteiger partial charge on any atom is -0.381 e. The molecule has 0 saturated heterocycles. The molecule has 2 amide bonds. The van der Waals surface area contributed by atoms with Crippen LogP contribution in [0.4, 0.5) is 16.2 Å². The van der Waals surface area contributed by atoms with E-state index >= 15 is 0 Å². The first-order chi connectivity index (χ1) is 9.17. The second kappa shape index (κ2) is 5.90. The first kappa shape index (κ1) is 12.9. The van der Waals surface area contributed by atoms with E-state index in [1.165, 1.54) is 0 Å². The topological polar surface area (TPSA) is 85.0 Å². The molecule has 1 heterocycles. The van der Waals surface area contributed by atoms with Crippen LogP contribution in [-0.4, -0.2) is 15.8 Å². The van der Waals surface area contributed by atoms with Crippen LogP contribution in [-0.2, 0) is 13.1 Å². The second-order valence-electron chi connectivity index (χ2n) is 4.13. The van der Waals surface area contributed by atoms with Gasteiger partial charge in [0.15, 0.2) is 0 Å². The van der Waals surface area contributed by atoms with Gasteiger partial charge in [-0.05, 0) is 25.1 Å². The molecule has 2 aromatic rings. The zero-order chi connectivity index (χ0) is 13.7. The largest absolute Gasteiger partial charge is 0.381 e. The van der Waals surface area contributed by atoms with Crippen LogP contribution in [0.5, 0.6) is 0 Å². The van der Waals surface area contributed by atoms with Crippen molar-refractivity contribution >= 4 is 17.4 Å². The smallest absolute Gasteiger partial charge is 0.316 e. The number of nitrogens with zero attached hydrogens (tertiary/aromatic N) is 2. The number of urea groups is 1. The molecule has 0 aliphatic carbocycles. The Labute approximate surface area is 111 Å². The number of aryl methyl sites for hydroxylation is 1. The van der Waals surface area contributed by atoms with E-state index in [9.17, 15) is 4.79 Å². The molecule has 100 valence electrons. The number of aromatic nitrogens is 2. The summed E-state index contributed by atoms with van der Waals surface area (Å²) in [4.78, 5) is 10.8. The predicted octanol–water partition coefficient (Wildman–Crippen LogP) is 2.01. The maximum atomic E-state index is 10.8. The summed E-state index contributed by atoms with van der Waals surface area (Å²) in [6, 6.07) is 6.82. The molecule has 6 heteroatoms. The van der Waals surface area contributed by atoms with E-state index in [1.54, 1.807) is 6.07 Å². The number of nitrogens with one attached hydrogen (secondary N) is 2. The van der Waals surface area contributed by atoms with E-state index in [-0.39, 0.29) is 0 Å². The number of hydrogen-bond donors (Lipinski definition) is 3. The van der Waals surface area contributed by atoms with Crippen molar-refractivity contribution < 1.29 is 4.79 Å². The fraction of sp³-hybridized carbons (Fsp3) is 0.231. The van der Waals surface area contributed by atoms with Crippen LogP contribution in [0.25, 0.3) is 0 Å². The van der Waals surface area contributed by atoms with E-state index in [1.807, 2.05) is 42.2 Å². The highest BCUT2D eigenvalue weighted by Crippen LogP contribution is 2.15. The van der Waals surface area contributed by atoms with Crippen LogP contribution in [0.3, 0.4) is 0 Å². The molecular formula is C13H17N5O. The summed E-state index contributed by atoms with van der Waals surface area (Å²) in [6.45, 7) is 3.58. The number of rotatable bonds is 5. The summed E-state index contributed by atoms with van der Waals surface area (Å²) in [5.74, 6) is 0. The highest BCUT2D eigenvalue weighted by Gasteiger charge is 2.00. The minimum absolute atomic E-state index is 0.568. The molecule has 6 nitrogen and oxygen atoms in total. The zero-order valence-electron chi connectivity index (χ0n) is 10.8. The van der Waals surface area contributed by atoms with Crippen LogP contribution in [0.1, 0.15) is 12.5 Å². The van der Waals surface area contributed by atoms with Gasteiger partial charge in [-0.1, -0.05) is 6.07 Å². The standard InChI is InChI=1S/C13H17N5O/c1-2-18-9-10(8-16-18)7-15-11-4-3-5-12(6-11)17-13(14)19/h3-6,8-9,15H,2,7H2,1H3,(H3,14,17,19). The number of carbonyl (C=O) groups is 1. The lowest BCUT2D eigenvalue weighted by Crippen LogP contribution is -2.19. The molecule has 0 unspecified atom stereocenters. The Morgan fingerprint density at radius 2 is 2.21 bits per heavy atom. The summed E-state index contributed by atoms with van der Waals surface area (Å²) in [6.07, 6.45) is 3.83. The third kappa shape index (κ3) is 3.74. The number of anilines is 2. The summed E-state index contributed by atoms with van der Waals surface area (Å²) >= 11 is 0. The number of benzene rings is 1. The molecule has 19 heavy (non-hydrogen) atoms. The van der Waals surface area contributed by atoms with Crippen LogP contribution in [0.2, 0.25) is 0 Å². The lowest BCUT2D eigenvalue weighted by Gasteiger charge is -2.07. The van der Waals surface area contributed by atoms with Gasteiger partial charge in [0.25, 0.3) is 0 Å². The monoisotopic (exact) mass is 259 g/mol. The van der Waals surface area contributed by atoms with E-state index in [0.717, 1.165) is 17.8 Å². The molecule has 2 rings (SSSR count). The Balaban J connectivity index is 1.97. The van der Waals surface area contributed by atoms with Crippen LogP contribution in [0.15, 0.2) is 36.7 Å². The average molecular weight is 259 g/mol. The molecule has 0 saturated carbocycles. The second-order valence-corrected chi connectivity index (χ2v) is 4.13. The Morgan fingerprint density at radius 1 is 1.42 bits per heavy atom. The maximum absolute atomic E-state index is 10.8. The number of hydrogen-bond acceptors (Lipinski definition) is 3. The molecule has 0 radical (unpaired) electrons. The van der Waals surface area contributed by atoms with Crippen LogP contribution >= 0.6 is 0 Å². The van der Waals surface area contributed by atoms with Crippen LogP contribution in [0, 0.1) is 0 Å². The third-order valence-electron chi connectivity index (χ3n) is 2.64.